The van der Waals surface area contributed by atoms with E-state index in [4.69, 9.17) is 0 Å². The van der Waals surface area contributed by atoms with Crippen molar-refractivity contribution in [2.75, 3.05) is 11.6 Å². The number of alkyl halides is 1. The zero-order valence-corrected chi connectivity index (χ0v) is 12.7. The van der Waals surface area contributed by atoms with Crippen molar-refractivity contribution >= 4 is 17.1 Å². The second-order valence-electron chi connectivity index (χ2n) is 4.61. The molecule has 2 heteroatoms. The van der Waals surface area contributed by atoms with Crippen LogP contribution in [0.1, 0.15) is 6.92 Å². The van der Waals surface area contributed by atoms with E-state index >= 15 is 0 Å². The molecule has 22 heavy (non-hydrogen) atoms. The summed E-state index contributed by atoms with van der Waals surface area (Å²) in [6.45, 7) is 1.21. The van der Waals surface area contributed by atoms with Gasteiger partial charge in [-0.25, -0.2) is 0 Å². The predicted molar refractivity (Wildman–Crippen MR) is 92.8 cm³/mol. The fourth-order valence-electron chi connectivity index (χ4n) is 2.18. The molecule has 0 aliphatic carbocycles. The predicted octanol–water partition coefficient (Wildman–Crippen LogP) is 6.13. The van der Waals surface area contributed by atoms with Crippen LogP contribution in [0.5, 0.6) is 0 Å². The van der Waals surface area contributed by atoms with E-state index in [2.05, 4.69) is 77.7 Å². The average Bonchev–Trinajstić information content (AvgIpc) is 2.59. The van der Waals surface area contributed by atoms with Crippen LogP contribution in [-0.4, -0.2) is 6.67 Å². The first kappa shape index (κ1) is 15.8. The fraction of sp³-hybridized carbons (Fsp3) is 0.100. The zero-order valence-electron chi connectivity index (χ0n) is 12.7. The van der Waals surface area contributed by atoms with Gasteiger partial charge in [-0.1, -0.05) is 54.6 Å². The van der Waals surface area contributed by atoms with Gasteiger partial charge in [-0.2, -0.15) is 0 Å². The van der Waals surface area contributed by atoms with Crippen molar-refractivity contribution in [3.05, 3.63) is 91.0 Å². The maximum Gasteiger partial charge on any atom is 0.0866 e. The van der Waals surface area contributed by atoms with Crippen LogP contribution in [0.4, 0.5) is 21.5 Å². The summed E-state index contributed by atoms with van der Waals surface area (Å²) >= 11 is 0. The Morgan fingerprint density at radius 3 is 1.05 bits per heavy atom. The molecule has 0 radical (unpaired) electrons. The number of para-hydroxylation sites is 3. The third kappa shape index (κ3) is 4.19. The van der Waals surface area contributed by atoms with Crippen molar-refractivity contribution < 1.29 is 4.39 Å². The molecule has 3 aromatic carbocycles. The van der Waals surface area contributed by atoms with E-state index in [0.29, 0.717) is 0 Å². The number of anilines is 3. The Kier molecular flexibility index (Phi) is 6.18. The molecular weight excluding hydrogens is 273 g/mol. The minimum atomic E-state index is -0.250. The molecule has 0 amide bonds. The smallest absolute Gasteiger partial charge is 0.0866 e. The summed E-state index contributed by atoms with van der Waals surface area (Å²) in [4.78, 5) is 2.25. The molecule has 0 N–H and O–H groups in total. The molecule has 0 saturated carbocycles. The molecule has 0 unspecified atom stereocenters. The third-order valence-electron chi connectivity index (χ3n) is 3.04. The SMILES string of the molecule is CCF.c1ccc(N(c2ccccc2)c2ccccc2)cc1. The number of hydrogen-bond acceptors (Lipinski definition) is 1. The van der Waals surface area contributed by atoms with Crippen molar-refractivity contribution in [1.29, 1.82) is 0 Å². The quantitative estimate of drug-likeness (QED) is 0.561. The minimum Gasteiger partial charge on any atom is -0.311 e. The highest BCUT2D eigenvalue weighted by Crippen LogP contribution is 2.33. The van der Waals surface area contributed by atoms with E-state index in [1.54, 1.807) is 0 Å². The Bertz CT molecular complexity index is 544. The normalized spacial score (nSPS) is 9.55. The van der Waals surface area contributed by atoms with Crippen LogP contribution in [0, 0.1) is 0 Å². The van der Waals surface area contributed by atoms with Gasteiger partial charge in [-0.05, 0) is 43.3 Å². The van der Waals surface area contributed by atoms with E-state index in [1.807, 2.05) is 18.2 Å². The molecule has 0 saturated heterocycles. The Morgan fingerprint density at radius 2 is 0.818 bits per heavy atom. The van der Waals surface area contributed by atoms with Gasteiger partial charge in [0.1, 0.15) is 0 Å². The van der Waals surface area contributed by atoms with Crippen molar-refractivity contribution in [2.45, 2.75) is 6.92 Å². The van der Waals surface area contributed by atoms with Gasteiger partial charge in [-0.15, -0.1) is 0 Å². The van der Waals surface area contributed by atoms with E-state index in [-0.39, 0.29) is 6.67 Å². The lowest BCUT2D eigenvalue weighted by atomic mass is 10.2. The van der Waals surface area contributed by atoms with Crippen LogP contribution >= 0.6 is 0 Å². The van der Waals surface area contributed by atoms with E-state index in [0.717, 1.165) is 0 Å². The zero-order chi connectivity index (χ0) is 15.6. The highest BCUT2D eigenvalue weighted by molar-refractivity contribution is 5.76. The van der Waals surface area contributed by atoms with Crippen LogP contribution in [0.3, 0.4) is 0 Å². The van der Waals surface area contributed by atoms with E-state index in [1.165, 1.54) is 24.0 Å². The lowest BCUT2D eigenvalue weighted by molar-refractivity contribution is 0.527. The summed E-state index contributed by atoms with van der Waals surface area (Å²) in [7, 11) is 0. The van der Waals surface area contributed by atoms with E-state index < -0.39 is 0 Å². The van der Waals surface area contributed by atoms with Gasteiger partial charge in [0, 0.05) is 17.1 Å². The Hall–Kier alpha value is -2.61. The van der Waals surface area contributed by atoms with Gasteiger partial charge >= 0.3 is 0 Å². The monoisotopic (exact) mass is 293 g/mol. The summed E-state index contributed by atoms with van der Waals surface area (Å²) in [5.41, 5.74) is 3.50. The molecule has 0 spiro atoms. The highest BCUT2D eigenvalue weighted by atomic mass is 19.1. The number of benzene rings is 3. The van der Waals surface area contributed by atoms with Crippen molar-refractivity contribution in [3.63, 3.8) is 0 Å². The lowest BCUT2D eigenvalue weighted by Crippen LogP contribution is -2.09. The van der Waals surface area contributed by atoms with Gasteiger partial charge < -0.3 is 4.90 Å². The maximum absolute atomic E-state index is 10.3. The second-order valence-corrected chi connectivity index (χ2v) is 4.61. The first-order chi connectivity index (χ1) is 10.9. The molecule has 0 aliphatic rings. The number of hydrogen-bond donors (Lipinski definition) is 0. The molecule has 0 bridgehead atoms. The third-order valence-corrected chi connectivity index (χ3v) is 3.04. The summed E-state index contributed by atoms with van der Waals surface area (Å²) in [6.07, 6.45) is 0. The summed E-state index contributed by atoms with van der Waals surface area (Å²) in [5, 5.41) is 0. The van der Waals surface area contributed by atoms with Gasteiger partial charge in [0.2, 0.25) is 0 Å². The Morgan fingerprint density at radius 1 is 0.591 bits per heavy atom. The molecule has 112 valence electrons. The first-order valence-electron chi connectivity index (χ1n) is 7.38. The molecule has 0 heterocycles. The van der Waals surface area contributed by atoms with Gasteiger partial charge in [-0.3, -0.25) is 4.39 Å². The molecule has 0 aromatic heterocycles. The topological polar surface area (TPSA) is 3.24 Å². The molecule has 3 aromatic rings. The molecule has 0 atom stereocenters. The van der Waals surface area contributed by atoms with Crippen molar-refractivity contribution in [1.82, 2.24) is 0 Å². The van der Waals surface area contributed by atoms with Crippen LogP contribution in [0.15, 0.2) is 91.0 Å². The molecular formula is C20H20FN. The summed E-state index contributed by atoms with van der Waals surface area (Å²) < 4.78 is 10.3. The number of rotatable bonds is 3. The standard InChI is InChI=1S/C18H15N.C2H5F/c1-4-10-16(11-5-1)19(17-12-6-2-7-13-17)18-14-8-3-9-15-18;1-2-3/h1-15H;2H2,1H3. The van der Waals surface area contributed by atoms with Gasteiger partial charge in [0.15, 0.2) is 0 Å². The summed E-state index contributed by atoms with van der Waals surface area (Å²) in [6, 6.07) is 31.3. The van der Waals surface area contributed by atoms with Crippen LogP contribution in [0.25, 0.3) is 0 Å². The fourth-order valence-corrected chi connectivity index (χ4v) is 2.18. The Balaban J connectivity index is 0.000000545. The molecule has 1 nitrogen and oxygen atoms in total. The largest absolute Gasteiger partial charge is 0.311 e. The van der Waals surface area contributed by atoms with Crippen molar-refractivity contribution in [3.8, 4) is 0 Å². The molecule has 3 rings (SSSR count). The van der Waals surface area contributed by atoms with Crippen LogP contribution in [0.2, 0.25) is 0 Å². The van der Waals surface area contributed by atoms with Crippen LogP contribution in [-0.2, 0) is 0 Å². The Labute approximate surface area is 131 Å². The number of halogens is 1. The highest BCUT2D eigenvalue weighted by Gasteiger charge is 2.10. The average molecular weight is 293 g/mol. The van der Waals surface area contributed by atoms with Gasteiger partial charge in [0.25, 0.3) is 0 Å². The lowest BCUT2D eigenvalue weighted by Gasteiger charge is -2.25. The second kappa shape index (κ2) is 8.63. The van der Waals surface area contributed by atoms with Crippen molar-refractivity contribution in [2.24, 2.45) is 0 Å². The van der Waals surface area contributed by atoms with Crippen LogP contribution < -0.4 is 4.90 Å². The minimum absolute atomic E-state index is 0.250. The maximum atomic E-state index is 10.3. The molecule has 0 fully saturated rings. The molecule has 0 aliphatic heterocycles. The first-order valence-corrected chi connectivity index (χ1v) is 7.38. The van der Waals surface area contributed by atoms with E-state index in [9.17, 15) is 4.39 Å². The number of nitrogens with zero attached hydrogens (tertiary/aromatic N) is 1. The van der Waals surface area contributed by atoms with Gasteiger partial charge in [0.05, 0.1) is 6.67 Å². The summed E-state index contributed by atoms with van der Waals surface area (Å²) in [5.74, 6) is 0.